The van der Waals surface area contributed by atoms with Crippen LogP contribution in [0, 0.1) is 5.92 Å². The van der Waals surface area contributed by atoms with Crippen LogP contribution in [0.4, 0.5) is 4.79 Å². The summed E-state index contributed by atoms with van der Waals surface area (Å²) < 4.78 is 14.6. The van der Waals surface area contributed by atoms with Crippen LogP contribution in [0.3, 0.4) is 0 Å². The molecule has 0 rings (SSSR count). The Bertz CT molecular complexity index is 156. The Morgan fingerprint density at radius 3 is 2.36 bits per heavy atom. The van der Waals surface area contributed by atoms with E-state index in [-0.39, 0.29) is 12.9 Å². The third kappa shape index (κ3) is 7.86. The van der Waals surface area contributed by atoms with Crippen molar-refractivity contribution in [3.8, 4) is 0 Å². The van der Waals surface area contributed by atoms with Crippen molar-refractivity contribution in [1.82, 2.24) is 0 Å². The Morgan fingerprint density at radius 2 is 1.86 bits per heavy atom. The molecule has 0 fully saturated rings. The van der Waals surface area contributed by atoms with E-state index >= 15 is 0 Å². The highest BCUT2D eigenvalue weighted by atomic mass is 16.8. The van der Waals surface area contributed by atoms with Crippen LogP contribution >= 0.6 is 0 Å². The second-order valence-corrected chi connectivity index (χ2v) is 3.60. The molecule has 0 spiro atoms. The van der Waals surface area contributed by atoms with Crippen molar-refractivity contribution in [3.63, 3.8) is 0 Å². The predicted octanol–water partition coefficient (Wildman–Crippen LogP) is 2.57. The zero-order valence-corrected chi connectivity index (χ0v) is 9.41. The maximum absolute atomic E-state index is 10.9. The molecule has 84 valence electrons. The number of carbonyl (C=O) groups excluding carboxylic acids is 1. The molecular weight excluding hydrogens is 184 g/mol. The van der Waals surface area contributed by atoms with Gasteiger partial charge in [0, 0.05) is 0 Å². The summed E-state index contributed by atoms with van der Waals surface area (Å²) in [5, 5.41) is 0. The monoisotopic (exact) mass is 204 g/mol. The third-order valence-corrected chi connectivity index (χ3v) is 1.64. The average Bonchev–Trinajstić information content (AvgIpc) is 2.14. The van der Waals surface area contributed by atoms with Crippen LogP contribution in [0.2, 0.25) is 0 Å². The zero-order valence-electron chi connectivity index (χ0n) is 9.41. The Hall–Kier alpha value is -0.770. The Kier molecular flexibility index (Phi) is 7.20. The van der Waals surface area contributed by atoms with E-state index < -0.39 is 6.16 Å². The minimum absolute atomic E-state index is 0.0358. The molecule has 0 heterocycles. The number of ether oxygens (including phenoxy) is 3. The summed E-state index contributed by atoms with van der Waals surface area (Å²) in [7, 11) is 0. The maximum atomic E-state index is 10.9. The van der Waals surface area contributed by atoms with Crippen molar-refractivity contribution >= 4 is 6.16 Å². The first-order valence-corrected chi connectivity index (χ1v) is 4.97. The van der Waals surface area contributed by atoms with Crippen LogP contribution in [0.25, 0.3) is 0 Å². The summed E-state index contributed by atoms with van der Waals surface area (Å²) in [6.45, 7) is 8.19. The molecule has 0 aromatic rings. The lowest BCUT2D eigenvalue weighted by Crippen LogP contribution is -2.16. The summed E-state index contributed by atoms with van der Waals surface area (Å²) >= 11 is 0. The topological polar surface area (TPSA) is 44.8 Å². The van der Waals surface area contributed by atoms with Crippen molar-refractivity contribution in [2.45, 2.75) is 40.2 Å². The van der Waals surface area contributed by atoms with Crippen LogP contribution in [0.5, 0.6) is 0 Å². The molecule has 0 radical (unpaired) electrons. The van der Waals surface area contributed by atoms with E-state index in [2.05, 4.69) is 4.74 Å². The molecule has 0 saturated carbocycles. The Balaban J connectivity index is 3.35. The van der Waals surface area contributed by atoms with Crippen molar-refractivity contribution in [2.75, 3.05) is 13.4 Å². The SMILES string of the molecule is CCC(C)OCOC(=O)OCC(C)C. The second kappa shape index (κ2) is 7.62. The van der Waals surface area contributed by atoms with Gasteiger partial charge in [-0.2, -0.15) is 0 Å². The van der Waals surface area contributed by atoms with E-state index in [1.165, 1.54) is 0 Å². The molecular formula is C10H20O4. The summed E-state index contributed by atoms with van der Waals surface area (Å²) in [6, 6.07) is 0. The number of rotatable bonds is 6. The highest BCUT2D eigenvalue weighted by Gasteiger charge is 2.06. The minimum Gasteiger partial charge on any atom is -0.434 e. The van der Waals surface area contributed by atoms with Gasteiger partial charge in [-0.15, -0.1) is 0 Å². The molecule has 0 aliphatic heterocycles. The quantitative estimate of drug-likeness (QED) is 0.492. The first kappa shape index (κ1) is 13.2. The largest absolute Gasteiger partial charge is 0.510 e. The van der Waals surface area contributed by atoms with Crippen LogP contribution in [0.15, 0.2) is 0 Å². The fourth-order valence-electron chi connectivity index (χ4n) is 0.593. The fraction of sp³-hybridized carbons (Fsp3) is 0.900. The number of hydrogen-bond donors (Lipinski definition) is 0. The van der Waals surface area contributed by atoms with Gasteiger partial charge in [0.05, 0.1) is 12.7 Å². The first-order chi connectivity index (χ1) is 6.56. The summed E-state index contributed by atoms with van der Waals surface area (Å²) in [5.74, 6) is 0.318. The van der Waals surface area contributed by atoms with Crippen molar-refractivity contribution < 1.29 is 19.0 Å². The zero-order chi connectivity index (χ0) is 11.0. The third-order valence-electron chi connectivity index (χ3n) is 1.64. The molecule has 1 unspecified atom stereocenters. The summed E-state index contributed by atoms with van der Waals surface area (Å²) in [4.78, 5) is 10.9. The van der Waals surface area contributed by atoms with Gasteiger partial charge in [-0.1, -0.05) is 20.8 Å². The van der Waals surface area contributed by atoms with Gasteiger partial charge in [0.2, 0.25) is 0 Å². The van der Waals surface area contributed by atoms with Crippen LogP contribution < -0.4 is 0 Å². The lowest BCUT2D eigenvalue weighted by atomic mass is 10.2. The lowest BCUT2D eigenvalue weighted by molar-refractivity contribution is -0.0733. The van der Waals surface area contributed by atoms with Gasteiger partial charge in [0.25, 0.3) is 0 Å². The van der Waals surface area contributed by atoms with E-state index in [0.29, 0.717) is 12.5 Å². The van der Waals surface area contributed by atoms with Gasteiger partial charge >= 0.3 is 6.16 Å². The van der Waals surface area contributed by atoms with Gasteiger partial charge in [-0.05, 0) is 19.3 Å². The lowest BCUT2D eigenvalue weighted by Gasteiger charge is -2.11. The molecule has 4 nitrogen and oxygen atoms in total. The number of carbonyl (C=O) groups is 1. The van der Waals surface area contributed by atoms with E-state index in [1.807, 2.05) is 27.7 Å². The molecule has 4 heteroatoms. The maximum Gasteiger partial charge on any atom is 0.510 e. The number of hydrogen-bond acceptors (Lipinski definition) is 4. The minimum atomic E-state index is -0.665. The van der Waals surface area contributed by atoms with Crippen LogP contribution in [-0.4, -0.2) is 25.7 Å². The van der Waals surface area contributed by atoms with Crippen molar-refractivity contribution in [3.05, 3.63) is 0 Å². The van der Waals surface area contributed by atoms with Crippen LogP contribution in [0.1, 0.15) is 34.1 Å². The smallest absolute Gasteiger partial charge is 0.434 e. The van der Waals surface area contributed by atoms with E-state index in [9.17, 15) is 4.79 Å². The molecule has 0 aromatic heterocycles. The molecule has 0 saturated heterocycles. The molecule has 0 aromatic carbocycles. The summed E-state index contributed by atoms with van der Waals surface area (Å²) in [6.07, 6.45) is 0.333. The predicted molar refractivity (Wildman–Crippen MR) is 53.0 cm³/mol. The van der Waals surface area contributed by atoms with Gasteiger partial charge in [-0.3, -0.25) is 0 Å². The molecule has 0 N–H and O–H groups in total. The molecule has 0 aliphatic carbocycles. The highest BCUT2D eigenvalue weighted by Crippen LogP contribution is 1.98. The summed E-state index contributed by atoms with van der Waals surface area (Å²) in [5.41, 5.74) is 0. The second-order valence-electron chi connectivity index (χ2n) is 3.60. The van der Waals surface area contributed by atoms with E-state index in [0.717, 1.165) is 6.42 Å². The Labute approximate surface area is 85.5 Å². The van der Waals surface area contributed by atoms with Gasteiger partial charge in [0.1, 0.15) is 0 Å². The first-order valence-electron chi connectivity index (χ1n) is 4.97. The van der Waals surface area contributed by atoms with Crippen LogP contribution in [-0.2, 0) is 14.2 Å². The van der Waals surface area contributed by atoms with E-state index in [1.54, 1.807) is 0 Å². The van der Waals surface area contributed by atoms with Crippen molar-refractivity contribution in [2.24, 2.45) is 5.92 Å². The normalized spacial score (nSPS) is 12.6. The molecule has 0 amide bonds. The van der Waals surface area contributed by atoms with Gasteiger partial charge in [-0.25, -0.2) is 4.79 Å². The van der Waals surface area contributed by atoms with Gasteiger partial charge < -0.3 is 14.2 Å². The van der Waals surface area contributed by atoms with Crippen molar-refractivity contribution in [1.29, 1.82) is 0 Å². The van der Waals surface area contributed by atoms with Gasteiger partial charge in [0.15, 0.2) is 6.79 Å². The molecule has 0 bridgehead atoms. The highest BCUT2D eigenvalue weighted by molar-refractivity contribution is 5.59. The average molecular weight is 204 g/mol. The fourth-order valence-corrected chi connectivity index (χ4v) is 0.593. The van der Waals surface area contributed by atoms with E-state index in [4.69, 9.17) is 9.47 Å². The Morgan fingerprint density at radius 1 is 1.21 bits per heavy atom. The molecule has 14 heavy (non-hydrogen) atoms. The molecule has 1 atom stereocenters. The molecule has 0 aliphatic rings. The standard InChI is InChI=1S/C10H20O4/c1-5-9(4)13-7-14-10(11)12-6-8(2)3/h8-9H,5-7H2,1-4H3.